The third kappa shape index (κ3) is 4.45. The second-order valence-corrected chi connectivity index (χ2v) is 4.08. The summed E-state index contributed by atoms with van der Waals surface area (Å²) >= 11 is 3.22. The number of carbonyl (C=O) groups excluding carboxylic acids is 1. The van der Waals surface area contributed by atoms with Crippen LogP contribution >= 0.6 is 15.9 Å². The van der Waals surface area contributed by atoms with Gasteiger partial charge in [0.1, 0.15) is 10.3 Å². The molecule has 0 radical (unpaired) electrons. The van der Waals surface area contributed by atoms with Crippen LogP contribution in [0.25, 0.3) is 0 Å². The average molecular weight is 281 g/mol. The summed E-state index contributed by atoms with van der Waals surface area (Å²) in [5.41, 5.74) is 0.423. The number of unbranched alkanes of at least 4 members (excludes halogenated alkanes) is 2. The topological polar surface area (TPSA) is 42.0 Å². The fraction of sp³-hybridized carbons (Fsp3) is 0.333. The number of aromatic nitrogens is 1. The van der Waals surface area contributed by atoms with Gasteiger partial charge in [0.25, 0.3) is 5.91 Å². The molecular formula is C12H13BrN2O. The minimum Gasteiger partial charge on any atom is -0.351 e. The van der Waals surface area contributed by atoms with Gasteiger partial charge in [-0.15, -0.1) is 12.3 Å². The summed E-state index contributed by atoms with van der Waals surface area (Å²) < 4.78 is 0.660. The van der Waals surface area contributed by atoms with Gasteiger partial charge in [-0.3, -0.25) is 4.79 Å². The van der Waals surface area contributed by atoms with Gasteiger partial charge in [0, 0.05) is 13.0 Å². The molecule has 0 unspecified atom stereocenters. The van der Waals surface area contributed by atoms with Crippen LogP contribution in [0, 0.1) is 12.3 Å². The molecule has 0 aromatic carbocycles. The van der Waals surface area contributed by atoms with Crippen LogP contribution in [0.1, 0.15) is 29.8 Å². The van der Waals surface area contributed by atoms with Gasteiger partial charge in [0.2, 0.25) is 0 Å². The van der Waals surface area contributed by atoms with E-state index in [9.17, 15) is 4.79 Å². The Balaban J connectivity index is 2.33. The molecule has 0 aliphatic heterocycles. The highest BCUT2D eigenvalue weighted by molar-refractivity contribution is 9.10. The minimum atomic E-state index is -0.151. The van der Waals surface area contributed by atoms with Crippen LogP contribution in [0.2, 0.25) is 0 Å². The van der Waals surface area contributed by atoms with Gasteiger partial charge in [0.15, 0.2) is 0 Å². The molecule has 84 valence electrons. The first-order valence-corrected chi connectivity index (χ1v) is 5.87. The number of terminal acetylenes is 1. The van der Waals surface area contributed by atoms with Crippen molar-refractivity contribution in [3.8, 4) is 12.3 Å². The number of pyridine rings is 1. The standard InChI is InChI=1S/C12H13BrN2O/c1-2-3-4-5-9-14-12(16)10-7-6-8-11(13)15-10/h1,6-8H,3-5,9H2,(H,14,16). The van der Waals surface area contributed by atoms with Crippen molar-refractivity contribution in [2.24, 2.45) is 0 Å². The molecule has 4 heteroatoms. The van der Waals surface area contributed by atoms with E-state index < -0.39 is 0 Å². The maximum absolute atomic E-state index is 11.6. The lowest BCUT2D eigenvalue weighted by atomic mass is 10.2. The van der Waals surface area contributed by atoms with Crippen molar-refractivity contribution in [3.05, 3.63) is 28.5 Å². The number of carbonyl (C=O) groups is 1. The molecule has 1 heterocycles. The number of halogens is 1. The van der Waals surface area contributed by atoms with Gasteiger partial charge >= 0.3 is 0 Å². The van der Waals surface area contributed by atoms with E-state index in [4.69, 9.17) is 6.42 Å². The van der Waals surface area contributed by atoms with Crippen LogP contribution in [0.4, 0.5) is 0 Å². The van der Waals surface area contributed by atoms with E-state index >= 15 is 0 Å². The van der Waals surface area contributed by atoms with E-state index in [0.717, 1.165) is 19.3 Å². The number of hydrogen-bond acceptors (Lipinski definition) is 2. The highest BCUT2D eigenvalue weighted by atomic mass is 79.9. The van der Waals surface area contributed by atoms with Crippen LogP contribution in [-0.2, 0) is 0 Å². The number of rotatable bonds is 5. The van der Waals surface area contributed by atoms with E-state index in [1.54, 1.807) is 18.2 Å². The summed E-state index contributed by atoms with van der Waals surface area (Å²) in [6.07, 6.45) is 7.71. The predicted molar refractivity (Wildman–Crippen MR) is 67.0 cm³/mol. The second-order valence-electron chi connectivity index (χ2n) is 3.26. The van der Waals surface area contributed by atoms with E-state index in [1.165, 1.54) is 0 Å². The Labute approximate surface area is 104 Å². The van der Waals surface area contributed by atoms with Crippen LogP contribution in [0.5, 0.6) is 0 Å². The monoisotopic (exact) mass is 280 g/mol. The van der Waals surface area contributed by atoms with Crippen molar-refractivity contribution >= 4 is 21.8 Å². The van der Waals surface area contributed by atoms with Crippen LogP contribution in [0.3, 0.4) is 0 Å². The zero-order valence-corrected chi connectivity index (χ0v) is 10.5. The Morgan fingerprint density at radius 1 is 1.50 bits per heavy atom. The molecule has 1 aromatic rings. The quantitative estimate of drug-likeness (QED) is 0.511. The van der Waals surface area contributed by atoms with Crippen LogP contribution in [0.15, 0.2) is 22.8 Å². The summed E-state index contributed by atoms with van der Waals surface area (Å²) in [6, 6.07) is 5.25. The molecule has 0 aliphatic rings. The maximum Gasteiger partial charge on any atom is 0.269 e. The maximum atomic E-state index is 11.6. The molecule has 0 fully saturated rings. The van der Waals surface area contributed by atoms with Gasteiger partial charge < -0.3 is 5.32 Å². The third-order valence-electron chi connectivity index (χ3n) is 1.98. The highest BCUT2D eigenvalue weighted by Gasteiger charge is 2.05. The van der Waals surface area contributed by atoms with Gasteiger partial charge in [-0.1, -0.05) is 6.07 Å². The van der Waals surface area contributed by atoms with E-state index in [0.29, 0.717) is 16.8 Å². The van der Waals surface area contributed by atoms with E-state index in [2.05, 4.69) is 32.2 Å². The van der Waals surface area contributed by atoms with Crippen molar-refractivity contribution in [1.82, 2.24) is 10.3 Å². The smallest absolute Gasteiger partial charge is 0.269 e. The van der Waals surface area contributed by atoms with E-state index in [1.807, 2.05) is 0 Å². The lowest BCUT2D eigenvalue weighted by Crippen LogP contribution is -2.25. The minimum absolute atomic E-state index is 0.151. The van der Waals surface area contributed by atoms with Gasteiger partial charge in [-0.05, 0) is 40.9 Å². The van der Waals surface area contributed by atoms with E-state index in [-0.39, 0.29) is 5.91 Å². The normalized spacial score (nSPS) is 9.50. The fourth-order valence-corrected chi connectivity index (χ4v) is 1.52. The highest BCUT2D eigenvalue weighted by Crippen LogP contribution is 2.06. The zero-order valence-electron chi connectivity index (χ0n) is 8.87. The average Bonchev–Trinajstić information content (AvgIpc) is 2.28. The molecule has 1 rings (SSSR count). The lowest BCUT2D eigenvalue weighted by molar-refractivity contribution is 0.0948. The third-order valence-corrected chi connectivity index (χ3v) is 2.42. The molecule has 16 heavy (non-hydrogen) atoms. The summed E-state index contributed by atoms with van der Waals surface area (Å²) in [4.78, 5) is 15.7. The molecule has 1 aromatic heterocycles. The number of nitrogens with one attached hydrogen (secondary N) is 1. The number of hydrogen-bond donors (Lipinski definition) is 1. The summed E-state index contributed by atoms with van der Waals surface area (Å²) in [5, 5.41) is 2.79. The van der Waals surface area contributed by atoms with Crippen LogP contribution in [-0.4, -0.2) is 17.4 Å². The molecule has 0 saturated carbocycles. The first-order chi connectivity index (χ1) is 7.74. The molecule has 1 N–H and O–H groups in total. The second kappa shape index (κ2) is 7.02. The van der Waals surface area contributed by atoms with Crippen molar-refractivity contribution in [3.63, 3.8) is 0 Å². The van der Waals surface area contributed by atoms with Crippen molar-refractivity contribution in [1.29, 1.82) is 0 Å². The molecule has 3 nitrogen and oxygen atoms in total. The first kappa shape index (κ1) is 12.7. The van der Waals surface area contributed by atoms with Crippen LogP contribution < -0.4 is 5.32 Å². The fourth-order valence-electron chi connectivity index (χ4n) is 1.18. The summed E-state index contributed by atoms with van der Waals surface area (Å²) in [7, 11) is 0. The molecular weight excluding hydrogens is 268 g/mol. The van der Waals surface area contributed by atoms with Gasteiger partial charge in [0.05, 0.1) is 0 Å². The first-order valence-electron chi connectivity index (χ1n) is 5.08. The molecule has 1 amide bonds. The molecule has 0 bridgehead atoms. The summed E-state index contributed by atoms with van der Waals surface area (Å²) in [5.74, 6) is 2.41. The Morgan fingerprint density at radius 3 is 3.00 bits per heavy atom. The van der Waals surface area contributed by atoms with Gasteiger partial charge in [-0.2, -0.15) is 0 Å². The molecule has 0 spiro atoms. The Kier molecular flexibility index (Phi) is 5.58. The Morgan fingerprint density at radius 2 is 2.31 bits per heavy atom. The Bertz CT molecular complexity index is 398. The lowest BCUT2D eigenvalue weighted by Gasteiger charge is -2.03. The molecule has 0 atom stereocenters. The van der Waals surface area contributed by atoms with Gasteiger partial charge in [-0.25, -0.2) is 4.98 Å². The predicted octanol–water partition coefficient (Wildman–Crippen LogP) is 2.38. The Hall–Kier alpha value is -1.34. The zero-order chi connectivity index (χ0) is 11.8. The number of nitrogens with zero attached hydrogens (tertiary/aromatic N) is 1. The largest absolute Gasteiger partial charge is 0.351 e. The molecule has 0 saturated heterocycles. The number of amides is 1. The van der Waals surface area contributed by atoms with Crippen molar-refractivity contribution < 1.29 is 4.79 Å². The molecule has 0 aliphatic carbocycles. The van der Waals surface area contributed by atoms with Crippen molar-refractivity contribution in [2.75, 3.05) is 6.54 Å². The summed E-state index contributed by atoms with van der Waals surface area (Å²) in [6.45, 7) is 0.634. The van der Waals surface area contributed by atoms with Crippen molar-refractivity contribution in [2.45, 2.75) is 19.3 Å². The SMILES string of the molecule is C#CCCCCNC(=O)c1cccc(Br)n1.